The molecule has 4 aliphatic rings. The summed E-state index contributed by atoms with van der Waals surface area (Å²) < 4.78 is 0. The fourth-order valence-corrected chi connectivity index (χ4v) is 7.02. The van der Waals surface area contributed by atoms with E-state index in [1.54, 1.807) is 0 Å². The number of hydrogen-bond donors (Lipinski definition) is 1. The summed E-state index contributed by atoms with van der Waals surface area (Å²) in [6, 6.07) is 0. The number of Topliss-reactive ketones (excluding diaryl/α,β-unsaturated/α-hetero) is 1. The molecule has 118 valence electrons. The van der Waals surface area contributed by atoms with Crippen molar-refractivity contribution < 1.29 is 4.79 Å². The van der Waals surface area contributed by atoms with Gasteiger partial charge in [0.2, 0.25) is 0 Å². The van der Waals surface area contributed by atoms with Gasteiger partial charge in [-0.05, 0) is 73.0 Å². The molecule has 0 heterocycles. The molecule has 2 N–H and O–H groups in total. The van der Waals surface area contributed by atoms with Crippen molar-refractivity contribution in [3.8, 4) is 0 Å². The highest BCUT2D eigenvalue weighted by Crippen LogP contribution is 2.71. The Morgan fingerprint density at radius 3 is 2.52 bits per heavy atom. The summed E-state index contributed by atoms with van der Waals surface area (Å²) in [4.78, 5) is 12.0. The van der Waals surface area contributed by atoms with Crippen LogP contribution >= 0.6 is 0 Å². The number of nitrogens with two attached hydrogens (primary N) is 1. The van der Waals surface area contributed by atoms with Crippen molar-refractivity contribution in [2.24, 2.45) is 40.2 Å². The van der Waals surface area contributed by atoms with Crippen LogP contribution in [-0.4, -0.2) is 11.3 Å². The lowest BCUT2D eigenvalue weighted by molar-refractivity contribution is -0.140. The van der Waals surface area contributed by atoms with Crippen molar-refractivity contribution in [1.82, 2.24) is 0 Å². The van der Waals surface area contributed by atoms with Gasteiger partial charge in [0.05, 0.1) is 0 Å². The molecule has 4 saturated carbocycles. The number of carbonyl (C=O) groups excluding carboxylic acids is 1. The zero-order chi connectivity index (χ0) is 15.0. The number of ketones is 1. The monoisotopic (exact) mass is 289 g/mol. The van der Waals surface area contributed by atoms with Crippen LogP contribution in [0.3, 0.4) is 0 Å². The van der Waals surface area contributed by atoms with Crippen LogP contribution in [0, 0.1) is 34.5 Å². The smallest absolute Gasteiger partial charge is 0.134 e. The number of carbonyl (C=O) groups is 1. The van der Waals surface area contributed by atoms with E-state index < -0.39 is 0 Å². The summed E-state index contributed by atoms with van der Waals surface area (Å²) >= 11 is 0. The summed E-state index contributed by atoms with van der Waals surface area (Å²) in [5, 5.41) is 0. The lowest BCUT2D eigenvalue weighted by Gasteiger charge is -2.62. The molecule has 4 aliphatic carbocycles. The zero-order valence-corrected chi connectivity index (χ0v) is 14.0. The molecule has 0 amide bonds. The predicted molar refractivity (Wildman–Crippen MR) is 84.7 cm³/mol. The Morgan fingerprint density at radius 2 is 1.86 bits per heavy atom. The molecular weight excluding hydrogens is 258 g/mol. The summed E-state index contributed by atoms with van der Waals surface area (Å²) in [5.41, 5.74) is 7.51. The minimum absolute atomic E-state index is 0.205. The van der Waals surface area contributed by atoms with E-state index in [-0.39, 0.29) is 11.0 Å². The second-order valence-corrected chi connectivity index (χ2v) is 9.26. The van der Waals surface area contributed by atoms with E-state index in [1.807, 2.05) is 0 Å². The molecule has 21 heavy (non-hydrogen) atoms. The molecule has 1 spiro atoms. The Bertz CT molecular complexity index is 488. The highest BCUT2D eigenvalue weighted by Gasteiger charge is 2.65. The first kappa shape index (κ1) is 14.2. The summed E-state index contributed by atoms with van der Waals surface area (Å²) in [6.07, 6.45) is 9.03. The standard InChI is InChI=1S/C19H31NO/c1-12-10-18(12)8-6-16-15(13(18)2)5-9-19(20)11-14(21)4-7-17(16,19)3/h12-13,15-16H,4-11,20H2,1-3H3. The van der Waals surface area contributed by atoms with Crippen molar-refractivity contribution in [1.29, 1.82) is 0 Å². The van der Waals surface area contributed by atoms with Crippen LogP contribution < -0.4 is 5.73 Å². The highest BCUT2D eigenvalue weighted by molar-refractivity contribution is 5.81. The van der Waals surface area contributed by atoms with E-state index in [2.05, 4.69) is 20.8 Å². The maximum Gasteiger partial charge on any atom is 0.134 e. The van der Waals surface area contributed by atoms with Crippen molar-refractivity contribution in [3.63, 3.8) is 0 Å². The van der Waals surface area contributed by atoms with E-state index in [9.17, 15) is 4.79 Å². The molecule has 2 heteroatoms. The summed E-state index contributed by atoms with van der Waals surface area (Å²) in [7, 11) is 0. The lowest BCUT2D eigenvalue weighted by Crippen LogP contribution is -2.66. The Labute approximate surface area is 129 Å². The van der Waals surface area contributed by atoms with E-state index in [4.69, 9.17) is 5.73 Å². The normalized spacial score (nSPS) is 59.5. The van der Waals surface area contributed by atoms with Gasteiger partial charge < -0.3 is 5.73 Å². The third kappa shape index (κ3) is 1.66. The van der Waals surface area contributed by atoms with Crippen LogP contribution in [0.2, 0.25) is 0 Å². The summed E-state index contributed by atoms with van der Waals surface area (Å²) in [5.74, 6) is 3.84. The number of hydrogen-bond acceptors (Lipinski definition) is 2. The molecule has 0 aromatic heterocycles. The highest BCUT2D eigenvalue weighted by atomic mass is 16.1. The molecule has 2 nitrogen and oxygen atoms in total. The second-order valence-electron chi connectivity index (χ2n) is 9.26. The molecule has 0 radical (unpaired) electrons. The maximum absolute atomic E-state index is 12.0. The first-order valence-corrected chi connectivity index (χ1v) is 9.13. The molecule has 7 unspecified atom stereocenters. The van der Waals surface area contributed by atoms with Gasteiger partial charge in [-0.15, -0.1) is 0 Å². The van der Waals surface area contributed by atoms with Crippen LogP contribution in [0.5, 0.6) is 0 Å². The SMILES string of the molecule is CC1CC12CCC1C(CCC3(N)CC(=O)CCC13C)C2C. The number of fused-ring (bicyclic) bond motifs is 3. The van der Waals surface area contributed by atoms with Crippen LogP contribution in [-0.2, 0) is 4.79 Å². The third-order valence-electron chi connectivity index (χ3n) is 8.81. The minimum atomic E-state index is -0.205. The molecule has 4 rings (SSSR count). The second kappa shape index (κ2) is 4.13. The van der Waals surface area contributed by atoms with Gasteiger partial charge in [-0.25, -0.2) is 0 Å². The maximum atomic E-state index is 12.0. The van der Waals surface area contributed by atoms with E-state index in [0.29, 0.717) is 17.6 Å². The Hall–Kier alpha value is -0.370. The quantitative estimate of drug-likeness (QED) is 0.734. The largest absolute Gasteiger partial charge is 0.324 e. The van der Waals surface area contributed by atoms with Crippen molar-refractivity contribution in [2.45, 2.75) is 77.7 Å². The van der Waals surface area contributed by atoms with Gasteiger partial charge in [0, 0.05) is 18.4 Å². The Balaban J connectivity index is 1.66. The van der Waals surface area contributed by atoms with Gasteiger partial charge in [-0.1, -0.05) is 20.8 Å². The Morgan fingerprint density at radius 1 is 1.14 bits per heavy atom. The van der Waals surface area contributed by atoms with Gasteiger partial charge in [0.1, 0.15) is 5.78 Å². The lowest BCUT2D eigenvalue weighted by atomic mass is 9.44. The van der Waals surface area contributed by atoms with E-state index in [1.165, 1.54) is 25.7 Å². The van der Waals surface area contributed by atoms with E-state index >= 15 is 0 Å². The van der Waals surface area contributed by atoms with Gasteiger partial charge in [0.15, 0.2) is 0 Å². The first-order chi connectivity index (χ1) is 9.82. The van der Waals surface area contributed by atoms with Gasteiger partial charge in [0.25, 0.3) is 0 Å². The van der Waals surface area contributed by atoms with Crippen LogP contribution in [0.15, 0.2) is 0 Å². The van der Waals surface area contributed by atoms with Crippen molar-refractivity contribution in [2.75, 3.05) is 0 Å². The first-order valence-electron chi connectivity index (χ1n) is 9.13. The molecule has 4 fully saturated rings. The molecule has 0 bridgehead atoms. The van der Waals surface area contributed by atoms with Gasteiger partial charge in [-0.2, -0.15) is 0 Å². The predicted octanol–water partition coefficient (Wildman–Crippen LogP) is 3.93. The molecule has 0 aliphatic heterocycles. The molecule has 0 saturated heterocycles. The summed E-state index contributed by atoms with van der Waals surface area (Å²) in [6.45, 7) is 7.41. The fourth-order valence-electron chi connectivity index (χ4n) is 7.02. The van der Waals surface area contributed by atoms with Crippen LogP contribution in [0.1, 0.15) is 72.1 Å². The Kier molecular flexibility index (Phi) is 2.80. The van der Waals surface area contributed by atoms with Gasteiger partial charge >= 0.3 is 0 Å². The van der Waals surface area contributed by atoms with Crippen molar-refractivity contribution in [3.05, 3.63) is 0 Å². The fraction of sp³-hybridized carbons (Fsp3) is 0.947. The molecule has 7 atom stereocenters. The topological polar surface area (TPSA) is 43.1 Å². The minimum Gasteiger partial charge on any atom is -0.324 e. The number of rotatable bonds is 0. The zero-order valence-electron chi connectivity index (χ0n) is 14.0. The van der Waals surface area contributed by atoms with Crippen LogP contribution in [0.4, 0.5) is 0 Å². The van der Waals surface area contributed by atoms with Crippen molar-refractivity contribution >= 4 is 5.78 Å². The molecular formula is C19H31NO. The molecule has 0 aromatic rings. The molecule has 0 aromatic carbocycles. The third-order valence-corrected chi connectivity index (χ3v) is 8.81. The van der Waals surface area contributed by atoms with E-state index in [0.717, 1.165) is 42.9 Å². The average Bonchev–Trinajstić information content (AvgIpc) is 3.07. The van der Waals surface area contributed by atoms with Crippen LogP contribution in [0.25, 0.3) is 0 Å². The van der Waals surface area contributed by atoms with Gasteiger partial charge in [-0.3, -0.25) is 4.79 Å². The average molecular weight is 289 g/mol.